The molecule has 1 aromatic rings. The van der Waals surface area contributed by atoms with Gasteiger partial charge in [-0.2, -0.15) is 0 Å². The molecule has 0 aromatic heterocycles. The number of carbonyl (C=O) groups is 2. The summed E-state index contributed by atoms with van der Waals surface area (Å²) in [6, 6.07) is 4.46. The number of carboxylic acid groups (broad SMARTS) is 1. The Morgan fingerprint density at radius 2 is 2.16 bits per heavy atom. The van der Waals surface area contributed by atoms with Gasteiger partial charge in [0.25, 0.3) is 0 Å². The number of amides is 1. The van der Waals surface area contributed by atoms with Crippen molar-refractivity contribution in [2.75, 3.05) is 19.0 Å². The summed E-state index contributed by atoms with van der Waals surface area (Å²) in [7, 11) is 1.59. The number of aromatic carboxylic acids is 1. The molecule has 0 aliphatic heterocycles. The van der Waals surface area contributed by atoms with E-state index in [4.69, 9.17) is 9.84 Å². The molecule has 0 saturated heterocycles. The number of hydrogen-bond donors (Lipinski definition) is 2. The average Bonchev–Trinajstić information content (AvgIpc) is 2.31. The Morgan fingerprint density at radius 1 is 1.47 bits per heavy atom. The number of carbonyl (C=O) groups excluding carboxylic acids is 1. The molecule has 104 valence electrons. The molecular formula is C13H16BrNO4. The summed E-state index contributed by atoms with van der Waals surface area (Å²) in [5.41, 5.74) is 0.720. The highest BCUT2D eigenvalue weighted by atomic mass is 79.9. The highest BCUT2D eigenvalue weighted by Crippen LogP contribution is 2.24. The van der Waals surface area contributed by atoms with Crippen molar-refractivity contribution in [1.82, 2.24) is 0 Å². The quantitative estimate of drug-likeness (QED) is 0.841. The van der Waals surface area contributed by atoms with E-state index < -0.39 is 5.97 Å². The maximum absolute atomic E-state index is 11.8. The molecule has 19 heavy (non-hydrogen) atoms. The number of rotatable bonds is 6. The van der Waals surface area contributed by atoms with Crippen LogP contribution >= 0.6 is 15.9 Å². The molecule has 1 aromatic carbocycles. The van der Waals surface area contributed by atoms with Gasteiger partial charge in [0.2, 0.25) is 5.91 Å². The maximum atomic E-state index is 11.8. The molecule has 1 amide bonds. The van der Waals surface area contributed by atoms with Gasteiger partial charge >= 0.3 is 5.97 Å². The smallest absolute Gasteiger partial charge is 0.335 e. The first-order valence-corrected chi connectivity index (χ1v) is 6.55. The van der Waals surface area contributed by atoms with E-state index in [9.17, 15) is 9.59 Å². The van der Waals surface area contributed by atoms with Crippen LogP contribution in [0.5, 0.6) is 0 Å². The van der Waals surface area contributed by atoms with Crippen molar-refractivity contribution in [3.8, 4) is 0 Å². The average molecular weight is 330 g/mol. The van der Waals surface area contributed by atoms with E-state index in [-0.39, 0.29) is 17.4 Å². The minimum Gasteiger partial charge on any atom is -0.478 e. The molecule has 2 N–H and O–H groups in total. The van der Waals surface area contributed by atoms with Crippen LogP contribution in [0, 0.1) is 5.92 Å². The molecule has 5 nitrogen and oxygen atoms in total. The van der Waals surface area contributed by atoms with E-state index in [2.05, 4.69) is 21.2 Å². The van der Waals surface area contributed by atoms with Gasteiger partial charge in [-0.25, -0.2) is 4.79 Å². The zero-order chi connectivity index (χ0) is 14.4. The Labute approximate surface area is 120 Å². The van der Waals surface area contributed by atoms with E-state index in [0.717, 1.165) is 0 Å². The summed E-state index contributed by atoms with van der Waals surface area (Å²) in [6.07, 6.45) is 0.348. The second-order valence-corrected chi connectivity index (χ2v) is 5.17. The fourth-order valence-electron chi connectivity index (χ4n) is 1.61. The minimum atomic E-state index is -1.01. The summed E-state index contributed by atoms with van der Waals surface area (Å²) in [5.74, 6) is -1.01. The van der Waals surface area contributed by atoms with Crippen LogP contribution in [0.1, 0.15) is 23.7 Å². The predicted molar refractivity (Wildman–Crippen MR) is 75.4 cm³/mol. The number of benzene rings is 1. The van der Waals surface area contributed by atoms with E-state index in [1.807, 2.05) is 6.92 Å². The normalized spacial score (nSPS) is 11.9. The Kier molecular flexibility index (Phi) is 5.98. The van der Waals surface area contributed by atoms with Crippen LogP contribution in [0.3, 0.4) is 0 Å². The van der Waals surface area contributed by atoms with Gasteiger partial charge in [-0.15, -0.1) is 0 Å². The van der Waals surface area contributed by atoms with Crippen molar-refractivity contribution in [3.05, 3.63) is 28.2 Å². The van der Waals surface area contributed by atoms with Crippen LogP contribution in [-0.4, -0.2) is 30.7 Å². The third-order valence-electron chi connectivity index (χ3n) is 2.48. The van der Waals surface area contributed by atoms with Crippen LogP contribution < -0.4 is 5.32 Å². The number of anilines is 1. The van der Waals surface area contributed by atoms with Crippen molar-refractivity contribution in [1.29, 1.82) is 0 Å². The monoisotopic (exact) mass is 329 g/mol. The van der Waals surface area contributed by atoms with Gasteiger partial charge in [0.15, 0.2) is 0 Å². The van der Waals surface area contributed by atoms with E-state index in [1.54, 1.807) is 13.2 Å². The summed E-state index contributed by atoms with van der Waals surface area (Å²) in [4.78, 5) is 22.5. The fourth-order valence-corrected chi connectivity index (χ4v) is 2.09. The van der Waals surface area contributed by atoms with Crippen LogP contribution in [0.4, 0.5) is 5.69 Å². The fraction of sp³-hybridized carbons (Fsp3) is 0.385. The Bertz CT molecular complexity index is 476. The van der Waals surface area contributed by atoms with Crippen LogP contribution in [0.2, 0.25) is 0 Å². The molecule has 6 heteroatoms. The first kappa shape index (κ1) is 15.7. The van der Waals surface area contributed by atoms with Crippen LogP contribution in [-0.2, 0) is 9.53 Å². The summed E-state index contributed by atoms with van der Waals surface area (Å²) in [5, 5.41) is 11.6. The highest BCUT2D eigenvalue weighted by Gasteiger charge is 2.12. The van der Waals surface area contributed by atoms with Gasteiger partial charge in [0, 0.05) is 24.6 Å². The lowest BCUT2D eigenvalue weighted by molar-refractivity contribution is -0.117. The number of nitrogens with one attached hydrogen (secondary N) is 1. The zero-order valence-corrected chi connectivity index (χ0v) is 12.4. The lowest BCUT2D eigenvalue weighted by atomic mass is 10.1. The standard InChI is InChI=1S/C13H16BrNO4/c1-8(7-19-2)5-12(16)15-11-4-3-9(13(17)18)6-10(11)14/h3-4,6,8H,5,7H2,1-2H3,(H,15,16)(H,17,18). The van der Waals surface area contributed by atoms with E-state index in [1.165, 1.54) is 12.1 Å². The number of ether oxygens (including phenoxy) is 1. The number of carboxylic acids is 1. The molecule has 0 radical (unpaired) electrons. The maximum Gasteiger partial charge on any atom is 0.335 e. The summed E-state index contributed by atoms with van der Waals surface area (Å²) in [6.45, 7) is 2.44. The first-order valence-electron chi connectivity index (χ1n) is 5.75. The molecule has 0 bridgehead atoms. The molecule has 0 saturated carbocycles. The van der Waals surface area contributed by atoms with Crippen LogP contribution in [0.25, 0.3) is 0 Å². The first-order chi connectivity index (χ1) is 8.93. The number of hydrogen-bond acceptors (Lipinski definition) is 3. The largest absolute Gasteiger partial charge is 0.478 e. The molecule has 0 spiro atoms. The number of halogens is 1. The molecule has 0 fully saturated rings. The lowest BCUT2D eigenvalue weighted by Crippen LogP contribution is -2.17. The van der Waals surface area contributed by atoms with E-state index >= 15 is 0 Å². The lowest BCUT2D eigenvalue weighted by Gasteiger charge is -2.11. The topological polar surface area (TPSA) is 75.6 Å². The molecule has 1 atom stereocenters. The molecule has 0 aliphatic rings. The number of methoxy groups -OCH3 is 1. The Balaban J connectivity index is 2.67. The molecule has 1 rings (SSSR count). The zero-order valence-electron chi connectivity index (χ0n) is 10.8. The van der Waals surface area contributed by atoms with E-state index in [0.29, 0.717) is 23.2 Å². The highest BCUT2D eigenvalue weighted by molar-refractivity contribution is 9.10. The Morgan fingerprint density at radius 3 is 2.68 bits per heavy atom. The van der Waals surface area contributed by atoms with Crippen molar-refractivity contribution in [2.24, 2.45) is 5.92 Å². The second-order valence-electron chi connectivity index (χ2n) is 4.31. The molecule has 0 aliphatic carbocycles. The summed E-state index contributed by atoms with van der Waals surface area (Å²) < 4.78 is 5.51. The van der Waals surface area contributed by atoms with Gasteiger partial charge in [-0.05, 0) is 40.0 Å². The summed E-state index contributed by atoms with van der Waals surface area (Å²) >= 11 is 3.24. The SMILES string of the molecule is COCC(C)CC(=O)Nc1ccc(C(=O)O)cc1Br. The van der Waals surface area contributed by atoms with Crippen LogP contribution in [0.15, 0.2) is 22.7 Å². The van der Waals surface area contributed by atoms with Gasteiger partial charge in [0.05, 0.1) is 11.3 Å². The molecule has 1 unspecified atom stereocenters. The van der Waals surface area contributed by atoms with Gasteiger partial charge in [0.1, 0.15) is 0 Å². The van der Waals surface area contributed by atoms with Crippen molar-refractivity contribution < 1.29 is 19.4 Å². The third-order valence-corrected chi connectivity index (χ3v) is 3.13. The molecular weight excluding hydrogens is 314 g/mol. The predicted octanol–water partition coefficient (Wildman–Crippen LogP) is 2.76. The van der Waals surface area contributed by atoms with Crippen molar-refractivity contribution in [3.63, 3.8) is 0 Å². The third kappa shape index (κ3) is 5.00. The van der Waals surface area contributed by atoms with Gasteiger partial charge in [-0.3, -0.25) is 4.79 Å². The van der Waals surface area contributed by atoms with Gasteiger partial charge in [-0.1, -0.05) is 6.92 Å². The molecule has 0 heterocycles. The van der Waals surface area contributed by atoms with Gasteiger partial charge < -0.3 is 15.2 Å². The Hall–Kier alpha value is -1.40. The van der Waals surface area contributed by atoms with Crippen molar-refractivity contribution in [2.45, 2.75) is 13.3 Å². The minimum absolute atomic E-state index is 0.127. The van der Waals surface area contributed by atoms with Crippen molar-refractivity contribution >= 4 is 33.5 Å². The second kappa shape index (κ2) is 7.25.